The van der Waals surface area contributed by atoms with Gasteiger partial charge in [-0.2, -0.15) is 0 Å². The number of hydrogen-bond acceptors (Lipinski definition) is 3. The Labute approximate surface area is 86.7 Å². The molecule has 1 heterocycles. The summed E-state index contributed by atoms with van der Waals surface area (Å²) in [6.45, 7) is 8.63. The molecule has 1 rings (SSSR count). The normalized spacial score (nSPS) is 29.0. The molecule has 0 amide bonds. The summed E-state index contributed by atoms with van der Waals surface area (Å²) in [6, 6.07) is 0.327. The third-order valence-corrected chi connectivity index (χ3v) is 3.09. The van der Waals surface area contributed by atoms with Crippen molar-refractivity contribution in [3.8, 4) is 0 Å². The van der Waals surface area contributed by atoms with Gasteiger partial charge in [-0.05, 0) is 27.3 Å². The van der Waals surface area contributed by atoms with Gasteiger partial charge in [0.2, 0.25) is 0 Å². The van der Waals surface area contributed by atoms with E-state index in [1.807, 2.05) is 6.08 Å². The third kappa shape index (κ3) is 2.16. The zero-order valence-electron chi connectivity index (χ0n) is 9.62. The number of ether oxygens (including phenoxy) is 2. The molecule has 0 aromatic carbocycles. The smallest absolute Gasteiger partial charge is 0.116 e. The molecule has 14 heavy (non-hydrogen) atoms. The molecule has 82 valence electrons. The van der Waals surface area contributed by atoms with Gasteiger partial charge in [0.15, 0.2) is 0 Å². The Morgan fingerprint density at radius 3 is 2.71 bits per heavy atom. The fourth-order valence-corrected chi connectivity index (χ4v) is 1.83. The summed E-state index contributed by atoms with van der Waals surface area (Å²) in [4.78, 5) is 2.23. The number of rotatable bonds is 4. The standard InChI is InChI=1S/C11H21NO2/c1-6-7-10(13-5)9-8-14-11(2,3)12(9)4/h6,9-10H,1,7-8H2,2-5H3/t9-,10+/m0/s1. The van der Waals surface area contributed by atoms with Gasteiger partial charge in [0, 0.05) is 7.11 Å². The summed E-state index contributed by atoms with van der Waals surface area (Å²) in [5, 5.41) is 0. The summed E-state index contributed by atoms with van der Waals surface area (Å²) in [5.74, 6) is 0. The Bertz CT molecular complexity index is 203. The first kappa shape index (κ1) is 11.7. The van der Waals surface area contributed by atoms with Crippen LogP contribution in [0.25, 0.3) is 0 Å². The molecular formula is C11H21NO2. The zero-order valence-corrected chi connectivity index (χ0v) is 9.62. The molecular weight excluding hydrogens is 178 g/mol. The van der Waals surface area contributed by atoms with Crippen molar-refractivity contribution in [2.24, 2.45) is 0 Å². The van der Waals surface area contributed by atoms with Gasteiger partial charge in [0.1, 0.15) is 5.72 Å². The van der Waals surface area contributed by atoms with Crippen LogP contribution in [0.5, 0.6) is 0 Å². The maximum Gasteiger partial charge on any atom is 0.116 e. The van der Waals surface area contributed by atoms with Crippen LogP contribution in [0.4, 0.5) is 0 Å². The fraction of sp³-hybridized carbons (Fsp3) is 0.818. The van der Waals surface area contributed by atoms with E-state index in [4.69, 9.17) is 9.47 Å². The molecule has 1 fully saturated rings. The Kier molecular flexibility index (Phi) is 3.70. The Hall–Kier alpha value is -0.380. The highest BCUT2D eigenvalue weighted by atomic mass is 16.5. The topological polar surface area (TPSA) is 21.7 Å². The van der Waals surface area contributed by atoms with E-state index in [-0.39, 0.29) is 11.8 Å². The van der Waals surface area contributed by atoms with Gasteiger partial charge in [-0.15, -0.1) is 6.58 Å². The minimum atomic E-state index is -0.178. The first-order valence-electron chi connectivity index (χ1n) is 5.03. The van der Waals surface area contributed by atoms with Crippen molar-refractivity contribution in [3.63, 3.8) is 0 Å². The molecule has 0 saturated carbocycles. The average molecular weight is 199 g/mol. The molecule has 0 N–H and O–H groups in total. The summed E-state index contributed by atoms with van der Waals surface area (Å²) < 4.78 is 11.2. The first-order valence-corrected chi connectivity index (χ1v) is 5.03. The van der Waals surface area contributed by atoms with Crippen LogP contribution in [0.3, 0.4) is 0 Å². The molecule has 0 aliphatic carbocycles. The van der Waals surface area contributed by atoms with E-state index in [9.17, 15) is 0 Å². The lowest BCUT2D eigenvalue weighted by Gasteiger charge is -2.32. The number of nitrogens with zero attached hydrogens (tertiary/aromatic N) is 1. The van der Waals surface area contributed by atoms with Crippen molar-refractivity contribution >= 4 is 0 Å². The molecule has 2 atom stereocenters. The highest BCUT2D eigenvalue weighted by Gasteiger charge is 2.41. The van der Waals surface area contributed by atoms with Crippen molar-refractivity contribution in [2.75, 3.05) is 20.8 Å². The van der Waals surface area contributed by atoms with Crippen molar-refractivity contribution in [1.82, 2.24) is 4.90 Å². The second-order valence-corrected chi connectivity index (χ2v) is 4.23. The van der Waals surface area contributed by atoms with E-state index >= 15 is 0 Å². The van der Waals surface area contributed by atoms with Crippen molar-refractivity contribution in [3.05, 3.63) is 12.7 Å². The number of likely N-dealkylation sites (N-methyl/N-ethyl adjacent to an activating group) is 1. The van der Waals surface area contributed by atoms with Gasteiger partial charge < -0.3 is 9.47 Å². The fourth-order valence-electron chi connectivity index (χ4n) is 1.83. The maximum absolute atomic E-state index is 5.71. The quantitative estimate of drug-likeness (QED) is 0.643. The van der Waals surface area contributed by atoms with Crippen LogP contribution >= 0.6 is 0 Å². The van der Waals surface area contributed by atoms with E-state index in [1.165, 1.54) is 0 Å². The van der Waals surface area contributed by atoms with Crippen LogP contribution in [0, 0.1) is 0 Å². The van der Waals surface area contributed by atoms with Gasteiger partial charge in [-0.1, -0.05) is 6.08 Å². The molecule has 1 aliphatic heterocycles. The summed E-state index contributed by atoms with van der Waals surface area (Å²) >= 11 is 0. The van der Waals surface area contributed by atoms with Crippen molar-refractivity contribution in [1.29, 1.82) is 0 Å². The van der Waals surface area contributed by atoms with E-state index in [2.05, 4.69) is 32.4 Å². The highest BCUT2D eigenvalue weighted by molar-refractivity contribution is 4.91. The SMILES string of the molecule is C=CC[C@@H](OC)[C@@H]1COC(C)(C)N1C. The van der Waals surface area contributed by atoms with Crippen molar-refractivity contribution in [2.45, 2.75) is 38.1 Å². The lowest BCUT2D eigenvalue weighted by Crippen LogP contribution is -2.46. The van der Waals surface area contributed by atoms with Crippen LogP contribution in [-0.2, 0) is 9.47 Å². The van der Waals surface area contributed by atoms with Crippen LogP contribution < -0.4 is 0 Å². The molecule has 1 aliphatic rings. The average Bonchev–Trinajstić information content (AvgIpc) is 2.40. The zero-order chi connectivity index (χ0) is 10.8. The molecule has 3 nitrogen and oxygen atoms in total. The van der Waals surface area contributed by atoms with Gasteiger partial charge in [0.25, 0.3) is 0 Å². The Morgan fingerprint density at radius 1 is 1.71 bits per heavy atom. The molecule has 0 aromatic heterocycles. The highest BCUT2D eigenvalue weighted by Crippen LogP contribution is 2.28. The van der Waals surface area contributed by atoms with E-state index in [0.29, 0.717) is 6.04 Å². The predicted molar refractivity (Wildman–Crippen MR) is 57.2 cm³/mol. The first-order chi connectivity index (χ1) is 6.53. The monoisotopic (exact) mass is 199 g/mol. The minimum Gasteiger partial charge on any atom is -0.379 e. The third-order valence-electron chi connectivity index (χ3n) is 3.09. The summed E-state index contributed by atoms with van der Waals surface area (Å²) in [7, 11) is 3.82. The largest absolute Gasteiger partial charge is 0.379 e. The van der Waals surface area contributed by atoms with Crippen molar-refractivity contribution < 1.29 is 9.47 Å². The molecule has 0 bridgehead atoms. The minimum absolute atomic E-state index is 0.178. The second kappa shape index (κ2) is 4.43. The van der Waals surface area contributed by atoms with Crippen LogP contribution in [0.1, 0.15) is 20.3 Å². The predicted octanol–water partition coefficient (Wildman–Crippen LogP) is 1.64. The number of hydrogen-bond donors (Lipinski definition) is 0. The summed E-state index contributed by atoms with van der Waals surface area (Å²) in [5.41, 5.74) is -0.178. The summed E-state index contributed by atoms with van der Waals surface area (Å²) in [6.07, 6.45) is 2.94. The van der Waals surface area contributed by atoms with Gasteiger partial charge in [0.05, 0.1) is 18.8 Å². The molecule has 0 aromatic rings. The lowest BCUT2D eigenvalue weighted by molar-refractivity contribution is -0.0481. The van der Waals surface area contributed by atoms with Gasteiger partial charge in [-0.3, -0.25) is 4.90 Å². The Morgan fingerprint density at radius 2 is 2.36 bits per heavy atom. The lowest BCUT2D eigenvalue weighted by atomic mass is 10.1. The van der Waals surface area contributed by atoms with Crippen LogP contribution in [-0.4, -0.2) is 43.5 Å². The molecule has 3 heteroatoms. The van der Waals surface area contributed by atoms with E-state index in [1.54, 1.807) is 7.11 Å². The van der Waals surface area contributed by atoms with Crippen LogP contribution in [0.2, 0.25) is 0 Å². The molecule has 1 saturated heterocycles. The molecule has 0 radical (unpaired) electrons. The van der Waals surface area contributed by atoms with Gasteiger partial charge in [-0.25, -0.2) is 0 Å². The van der Waals surface area contributed by atoms with Crippen LogP contribution in [0.15, 0.2) is 12.7 Å². The Balaban J connectivity index is 2.64. The second-order valence-electron chi connectivity index (χ2n) is 4.23. The molecule has 0 spiro atoms. The maximum atomic E-state index is 5.71. The van der Waals surface area contributed by atoms with Gasteiger partial charge >= 0.3 is 0 Å². The van der Waals surface area contributed by atoms with E-state index in [0.717, 1.165) is 13.0 Å². The number of methoxy groups -OCH3 is 1. The molecule has 0 unspecified atom stereocenters. The van der Waals surface area contributed by atoms with E-state index < -0.39 is 0 Å².